The van der Waals surface area contributed by atoms with E-state index in [0.29, 0.717) is 50.1 Å². The van der Waals surface area contributed by atoms with E-state index in [1.165, 1.54) is 10.9 Å². The van der Waals surface area contributed by atoms with Crippen LogP contribution in [0, 0.1) is 0 Å². The number of benzene rings is 2. The first-order valence-corrected chi connectivity index (χ1v) is 22.7. The maximum atomic E-state index is 12.6. The molecule has 320 valence electrons. The number of phosphoric acid groups is 3. The van der Waals surface area contributed by atoms with Gasteiger partial charge in [0.15, 0.2) is 17.7 Å². The number of pyridine rings is 1. The second-order valence-corrected chi connectivity index (χ2v) is 18.3. The van der Waals surface area contributed by atoms with Gasteiger partial charge < -0.3 is 52.1 Å². The summed E-state index contributed by atoms with van der Waals surface area (Å²) in [7, 11) is -16.6. The number of unbranched alkanes of at least 4 members (excludes halogenated alkanes) is 3. The minimum Gasteiger partial charge on any atom is -0.399 e. The molecule has 5 aromatic rings. The predicted molar refractivity (Wildman–Crippen MR) is 210 cm³/mol. The number of fused-ring (bicyclic) bond motifs is 3. The van der Waals surface area contributed by atoms with Crippen LogP contribution in [0.25, 0.3) is 33.0 Å². The van der Waals surface area contributed by atoms with Crippen molar-refractivity contribution in [2.24, 2.45) is 0 Å². The number of nitrogen functional groups attached to an aromatic ring is 3. The quantitative estimate of drug-likeness (QED) is 0.0178. The first kappa shape index (κ1) is 44.4. The molecule has 3 unspecified atom stereocenters. The van der Waals surface area contributed by atoms with E-state index in [1.807, 2.05) is 36.4 Å². The van der Waals surface area contributed by atoms with Gasteiger partial charge in [0, 0.05) is 53.7 Å². The third kappa shape index (κ3) is 11.4. The number of hydrogen-bond acceptors (Lipinski definition) is 17. The summed E-state index contributed by atoms with van der Waals surface area (Å²) in [5.74, 6) is -0.0837. The number of phosphoric ester groups is 2. The highest BCUT2D eigenvalue weighted by atomic mass is 31.3. The number of aliphatic hydroxyl groups is 2. The lowest BCUT2D eigenvalue weighted by Crippen LogP contribution is -2.36. The Balaban J connectivity index is 0.860. The number of amides is 1. The number of nitrogens with one attached hydrogen (secondary N) is 1. The number of hydrogen-bond donors (Lipinski definition) is 9. The third-order valence-corrected chi connectivity index (χ3v) is 13.5. The van der Waals surface area contributed by atoms with E-state index in [1.54, 1.807) is 0 Å². The van der Waals surface area contributed by atoms with Crippen LogP contribution < -0.4 is 27.1 Å². The van der Waals surface area contributed by atoms with Crippen LogP contribution in [-0.2, 0) is 47.4 Å². The molecule has 0 saturated carbocycles. The monoisotopic (exact) mass is 884 g/mol. The molecule has 1 aliphatic heterocycles. The average molecular weight is 885 g/mol. The molecule has 0 radical (unpaired) electrons. The molecule has 4 heterocycles. The number of anilines is 3. The second-order valence-electron chi connectivity index (χ2n) is 13.6. The largest absolute Gasteiger partial charge is 0.490 e. The van der Waals surface area contributed by atoms with Crippen LogP contribution >= 0.6 is 23.5 Å². The topological polar surface area (TPSA) is 353 Å². The van der Waals surface area contributed by atoms with E-state index in [0.717, 1.165) is 28.1 Å². The Morgan fingerprint density at radius 1 is 0.814 bits per heavy atom. The zero-order chi connectivity index (χ0) is 42.5. The number of nitrogens with two attached hydrogens (primary N) is 3. The summed E-state index contributed by atoms with van der Waals surface area (Å²) in [6.45, 7) is -0.396. The van der Waals surface area contributed by atoms with Crippen LogP contribution in [0.2, 0.25) is 0 Å². The average Bonchev–Trinajstić information content (AvgIpc) is 3.71. The molecule has 26 heteroatoms. The Morgan fingerprint density at radius 2 is 1.46 bits per heavy atom. The Hall–Kier alpha value is -4.18. The third-order valence-electron chi connectivity index (χ3n) is 9.25. The summed E-state index contributed by atoms with van der Waals surface area (Å²) in [5, 5.41) is 25.9. The minimum atomic E-state index is -5.76. The maximum absolute atomic E-state index is 12.6. The molecular weight excluding hydrogens is 839 g/mol. The smallest absolute Gasteiger partial charge is 0.399 e. The van der Waals surface area contributed by atoms with Gasteiger partial charge in [-0.15, -0.1) is 0 Å². The fraction of sp³-hybridized carbons (Fsp3) is 0.424. The summed E-state index contributed by atoms with van der Waals surface area (Å²) >= 11 is 0. The van der Waals surface area contributed by atoms with Crippen LogP contribution in [0.15, 0.2) is 55.1 Å². The number of aromatic nitrogens is 5. The lowest BCUT2D eigenvalue weighted by molar-refractivity contribution is -0.645. The van der Waals surface area contributed by atoms with Gasteiger partial charge in [-0.3, -0.25) is 18.4 Å². The van der Waals surface area contributed by atoms with E-state index in [-0.39, 0.29) is 35.7 Å². The number of carbonyl (C=O) groups excluding carboxylic acids is 1. The zero-order valence-corrected chi connectivity index (χ0v) is 34.0. The van der Waals surface area contributed by atoms with Crippen molar-refractivity contribution in [2.45, 2.75) is 69.6 Å². The van der Waals surface area contributed by atoms with Crippen LogP contribution in [0.1, 0.15) is 44.8 Å². The van der Waals surface area contributed by atoms with E-state index in [2.05, 4.69) is 44.0 Å². The van der Waals surface area contributed by atoms with Crippen molar-refractivity contribution >= 4 is 79.5 Å². The summed E-state index contributed by atoms with van der Waals surface area (Å²) in [6.07, 6.45) is -0.999. The maximum Gasteiger partial charge on any atom is 0.490 e. The minimum absolute atomic E-state index is 0.0386. The van der Waals surface area contributed by atoms with Crippen molar-refractivity contribution in [3.63, 3.8) is 0 Å². The van der Waals surface area contributed by atoms with Crippen LogP contribution in [0.4, 0.5) is 17.2 Å². The van der Waals surface area contributed by atoms with Gasteiger partial charge in [0.25, 0.3) is 0 Å². The van der Waals surface area contributed by atoms with Crippen molar-refractivity contribution in [3.05, 3.63) is 55.1 Å². The molecule has 1 fully saturated rings. The molecule has 1 saturated heterocycles. The summed E-state index contributed by atoms with van der Waals surface area (Å²) in [6, 6.07) is 13.4. The first-order valence-electron chi connectivity index (χ1n) is 18.2. The van der Waals surface area contributed by atoms with Crippen molar-refractivity contribution in [1.29, 1.82) is 0 Å². The molecule has 0 spiro atoms. The highest BCUT2D eigenvalue weighted by molar-refractivity contribution is 7.66. The summed E-state index contributed by atoms with van der Waals surface area (Å²) in [5.41, 5.74) is 21.3. The van der Waals surface area contributed by atoms with Crippen molar-refractivity contribution in [3.8, 4) is 0 Å². The molecule has 6 rings (SSSR count). The Kier molecular flexibility index (Phi) is 14.0. The van der Waals surface area contributed by atoms with Gasteiger partial charge >= 0.3 is 23.5 Å². The molecule has 7 atom stereocenters. The van der Waals surface area contributed by atoms with Crippen LogP contribution in [-0.4, -0.2) is 88.4 Å². The van der Waals surface area contributed by atoms with Crippen LogP contribution in [0.5, 0.6) is 0 Å². The number of aryl methyl sites for hydroxylation is 1. The number of ether oxygens (including phenoxy) is 1. The predicted octanol–water partition coefficient (Wildman–Crippen LogP) is 2.31. The summed E-state index contributed by atoms with van der Waals surface area (Å²) < 4.78 is 63.5. The normalized spacial score (nSPS) is 21.4. The lowest BCUT2D eigenvalue weighted by Gasteiger charge is -2.20. The number of nitrogens with zero attached hydrogens (tertiary/aromatic N) is 5. The fourth-order valence-electron chi connectivity index (χ4n) is 6.49. The molecule has 0 bridgehead atoms. The van der Waals surface area contributed by atoms with Gasteiger partial charge in [0.1, 0.15) is 36.7 Å². The molecule has 23 nitrogen and oxygen atoms in total. The van der Waals surface area contributed by atoms with E-state index in [9.17, 15) is 43.4 Å². The van der Waals surface area contributed by atoms with Gasteiger partial charge in [-0.2, -0.15) is 13.2 Å². The zero-order valence-electron chi connectivity index (χ0n) is 31.3. The van der Waals surface area contributed by atoms with Gasteiger partial charge in [-0.25, -0.2) is 28.6 Å². The fourth-order valence-corrected chi connectivity index (χ4v) is 10.0. The number of carbonyl (C=O) groups is 1. The first-order chi connectivity index (χ1) is 27.9. The van der Waals surface area contributed by atoms with E-state index in [4.69, 9.17) is 26.5 Å². The summed E-state index contributed by atoms with van der Waals surface area (Å²) in [4.78, 5) is 54.2. The van der Waals surface area contributed by atoms with Gasteiger partial charge in [0.05, 0.1) is 19.5 Å². The van der Waals surface area contributed by atoms with E-state index < -0.39 is 61.2 Å². The molecule has 1 aliphatic rings. The van der Waals surface area contributed by atoms with Crippen molar-refractivity contribution < 1.29 is 70.4 Å². The van der Waals surface area contributed by atoms with Gasteiger partial charge in [-0.1, -0.05) is 12.8 Å². The number of imidazole rings is 1. The van der Waals surface area contributed by atoms with Gasteiger partial charge in [0.2, 0.25) is 16.9 Å². The SMILES string of the molecule is Nc1ccc2cc3ccc(N)cc3[n+](CCCC(=O)NCCCCCCOP(=O)(O)OP(=O)(O)OP(=O)(O)OC[C@H]3O[C@@H](n4cnc5c(N)ncnc54)[C@H](O)[C@@H]3O)c2c1. The Labute approximate surface area is 335 Å². The standard InChI is InChI=1S/C33H44N9O14P3/c34-22-9-7-20-14-21-8-10-23(35)16-25(21)41(24(20)15-22)12-5-6-27(43)37-11-3-1-2-4-13-52-57(46,47)55-59(50,51)56-58(48,49)53-17-26-29(44)30(45)33(54-26)42-19-40-28-31(36)38-18-39-32(28)42/h7-10,14-16,18-19,26,29-30,33,44-45H,1-6,11-13,17H2,(H9,34,35,36,37,38,39,43,46,47,48,49,50,51)/p+1/t26-,29-,30-,33-/m1/s1. The van der Waals surface area contributed by atoms with Gasteiger partial charge in [-0.05, 0) is 43.2 Å². The number of aliphatic hydroxyl groups excluding tert-OH is 2. The Bertz CT molecular complexity index is 2400. The van der Waals surface area contributed by atoms with Crippen molar-refractivity contribution in [1.82, 2.24) is 24.8 Å². The van der Waals surface area contributed by atoms with E-state index >= 15 is 0 Å². The molecule has 59 heavy (non-hydrogen) atoms. The van der Waals surface area contributed by atoms with Crippen LogP contribution in [0.3, 0.4) is 0 Å². The highest BCUT2D eigenvalue weighted by Crippen LogP contribution is 2.67. The molecular formula is C33H45N9O14P3+. The molecule has 2 aromatic carbocycles. The second kappa shape index (κ2) is 18.6. The Morgan fingerprint density at radius 3 is 2.14 bits per heavy atom. The molecule has 0 aliphatic carbocycles. The molecule has 3 aromatic heterocycles. The number of rotatable bonds is 20. The molecule has 1 amide bonds. The van der Waals surface area contributed by atoms with Crippen molar-refractivity contribution in [2.75, 3.05) is 37.0 Å². The lowest BCUT2D eigenvalue weighted by atomic mass is 10.1. The molecule has 12 N–H and O–H groups in total. The highest BCUT2D eigenvalue weighted by Gasteiger charge is 2.47.